The molecule has 0 N–H and O–H groups in total. The van der Waals surface area contributed by atoms with E-state index in [1.807, 2.05) is 0 Å². The predicted octanol–water partition coefficient (Wildman–Crippen LogP) is -1.37. The summed E-state index contributed by atoms with van der Waals surface area (Å²) in [5, 5.41) is 0. The molecule has 0 nitrogen and oxygen atoms in total. The number of hydrogen-bond acceptors (Lipinski definition) is 0. The third-order valence-electron chi connectivity index (χ3n) is 0.309. The van der Waals surface area contributed by atoms with Gasteiger partial charge >= 0.3 is 52.5 Å². The molecule has 0 fully saturated rings. The summed E-state index contributed by atoms with van der Waals surface area (Å²) < 4.78 is 0. The Balaban J connectivity index is 2.54. The van der Waals surface area contributed by atoms with Crippen molar-refractivity contribution in [3.8, 4) is 0 Å². The van der Waals surface area contributed by atoms with Crippen LogP contribution in [0.15, 0.2) is 0 Å². The summed E-state index contributed by atoms with van der Waals surface area (Å²) in [6, 6.07) is 0. The molecule has 0 aliphatic heterocycles. The topological polar surface area (TPSA) is 0 Å². The normalized spacial score (nSPS) is 12.6. The van der Waals surface area contributed by atoms with Crippen LogP contribution in [0.25, 0.3) is 0 Å². The van der Waals surface area contributed by atoms with Crippen molar-refractivity contribution in [1.29, 1.82) is 0 Å². The van der Waals surface area contributed by atoms with E-state index in [9.17, 15) is 0 Å². The second-order valence-electron chi connectivity index (χ2n) is 0.799. The van der Waals surface area contributed by atoms with Crippen molar-refractivity contribution in [3.63, 3.8) is 0 Å². The third kappa shape index (κ3) is 5.56. The van der Waals surface area contributed by atoms with E-state index in [-0.39, 0.29) is 7.56 Å². The maximum absolute atomic E-state index is 5.48. The molecule has 0 bridgehead atoms. The van der Waals surface area contributed by atoms with Crippen molar-refractivity contribution in [3.05, 3.63) is 0 Å². The van der Waals surface area contributed by atoms with Crippen LogP contribution in [-0.4, -0.2) is 30.4 Å². The second-order valence-corrected chi connectivity index (χ2v) is 29.7. The second kappa shape index (κ2) is 3.74. The van der Waals surface area contributed by atoms with Crippen molar-refractivity contribution in [2.24, 2.45) is 0 Å². The fraction of sp³-hybridized carbons (Fsp3) is 0. The molecule has 0 aromatic heterocycles. The first-order chi connectivity index (χ1) is 2.27. The fourth-order valence-electron chi connectivity index (χ4n) is 0. The Morgan fingerprint density at radius 2 is 1.80 bits per heavy atom. The van der Waals surface area contributed by atoms with Crippen LogP contribution in [0.5, 0.6) is 0 Å². The molecule has 0 rings (SSSR count). The summed E-state index contributed by atoms with van der Waals surface area (Å²) >= 11 is 12.0. The molecule has 32 valence electrons. The number of hydrogen-bond donors (Lipinski definition) is 0. The van der Waals surface area contributed by atoms with E-state index in [0.717, 1.165) is 15.9 Å². The predicted molar refractivity (Wildman–Crippen MR) is 37.3 cm³/mol. The Morgan fingerprint density at radius 1 is 1.60 bits per heavy atom. The van der Waals surface area contributed by atoms with Gasteiger partial charge in [-0.05, 0) is 0 Å². The Morgan fingerprint density at radius 3 is 1.80 bits per heavy atom. The molecule has 0 saturated carbocycles. The molecule has 5 heteroatoms. The Kier molecular flexibility index (Phi) is 4.90. The molecule has 0 radical (unpaired) electrons. The molecule has 0 heterocycles. The van der Waals surface area contributed by atoms with Gasteiger partial charge in [0, 0.05) is 0 Å². The number of rotatable bonds is 1. The summed E-state index contributed by atoms with van der Waals surface area (Å²) in [6.07, 6.45) is 0. The van der Waals surface area contributed by atoms with Crippen LogP contribution in [0.3, 0.4) is 0 Å². The van der Waals surface area contributed by atoms with Crippen LogP contribution in [0, 0.1) is 0 Å². The molecular formula is H6Cl2GeSi2. The van der Waals surface area contributed by atoms with Gasteiger partial charge in [-0.2, -0.15) is 0 Å². The van der Waals surface area contributed by atoms with E-state index in [2.05, 4.69) is 0 Å². The van der Waals surface area contributed by atoms with E-state index in [1.54, 1.807) is 0 Å². The van der Waals surface area contributed by atoms with Gasteiger partial charge in [-0.15, -0.1) is 0 Å². The zero-order valence-corrected chi connectivity index (χ0v) is 11.3. The third-order valence-corrected chi connectivity index (χ3v) is 43.3. The van der Waals surface area contributed by atoms with Crippen molar-refractivity contribution >= 4 is 52.5 Å². The van der Waals surface area contributed by atoms with Crippen LogP contribution < -0.4 is 0 Å². The summed E-state index contributed by atoms with van der Waals surface area (Å²) in [4.78, 5) is 0. The van der Waals surface area contributed by atoms with Gasteiger partial charge in [0.15, 0.2) is 0 Å². The first kappa shape index (κ1) is 6.56. The van der Waals surface area contributed by atoms with Gasteiger partial charge in [-0.3, -0.25) is 0 Å². The summed E-state index contributed by atoms with van der Waals surface area (Å²) in [6.45, 7) is -0.983. The Bertz CT molecular complexity index is 21.6. The van der Waals surface area contributed by atoms with Gasteiger partial charge in [0.1, 0.15) is 0 Å². The van der Waals surface area contributed by atoms with E-state index < -0.39 is 6.93 Å². The molecule has 0 amide bonds. The fourth-order valence-corrected chi connectivity index (χ4v) is 0. The molecule has 0 aromatic rings. The van der Waals surface area contributed by atoms with Gasteiger partial charge in [-0.25, -0.2) is 0 Å². The molecule has 0 aliphatic rings. The average Bonchev–Trinajstić information content (AvgIpc) is 1.38. The minimum atomic E-state index is -0.983. The van der Waals surface area contributed by atoms with Gasteiger partial charge in [-0.1, -0.05) is 0 Å². The van der Waals surface area contributed by atoms with E-state index in [0.29, 0.717) is 0 Å². The molecular weight excluding hydrogens is 200 g/mol. The van der Waals surface area contributed by atoms with Gasteiger partial charge in [0.2, 0.25) is 0 Å². The van der Waals surface area contributed by atoms with Crippen LogP contribution in [0.4, 0.5) is 0 Å². The molecule has 0 spiro atoms. The Labute approximate surface area is 52.5 Å². The summed E-state index contributed by atoms with van der Waals surface area (Å²) in [7, 11) is 0.206. The van der Waals surface area contributed by atoms with Crippen molar-refractivity contribution in [1.82, 2.24) is 0 Å². The molecule has 0 aromatic carbocycles. The zero-order valence-electron chi connectivity index (χ0n) is 3.04. The quantitative estimate of drug-likeness (QED) is 0.366. The van der Waals surface area contributed by atoms with Crippen molar-refractivity contribution in [2.75, 3.05) is 0 Å². The van der Waals surface area contributed by atoms with Crippen LogP contribution in [0.1, 0.15) is 0 Å². The summed E-state index contributed by atoms with van der Waals surface area (Å²) in [5.74, 6) is 0. The van der Waals surface area contributed by atoms with Gasteiger partial charge in [0.25, 0.3) is 0 Å². The van der Waals surface area contributed by atoms with E-state index in [4.69, 9.17) is 22.2 Å². The van der Waals surface area contributed by atoms with Crippen molar-refractivity contribution < 1.29 is 0 Å². The molecule has 0 unspecified atom stereocenters. The maximum atomic E-state index is 5.48. The van der Waals surface area contributed by atoms with E-state index >= 15 is 0 Å². The zero-order chi connectivity index (χ0) is 4.28. The average molecular weight is 206 g/mol. The van der Waals surface area contributed by atoms with Crippen molar-refractivity contribution in [2.45, 2.75) is 0 Å². The molecule has 5 heavy (non-hydrogen) atoms. The summed E-state index contributed by atoms with van der Waals surface area (Å²) in [5.41, 5.74) is 0. The molecule has 0 saturated heterocycles. The monoisotopic (exact) mass is 206 g/mol. The van der Waals surface area contributed by atoms with Crippen LogP contribution >= 0.6 is 22.2 Å². The van der Waals surface area contributed by atoms with Gasteiger partial charge in [0.05, 0.1) is 0 Å². The van der Waals surface area contributed by atoms with Gasteiger partial charge < -0.3 is 0 Å². The van der Waals surface area contributed by atoms with Crippen LogP contribution in [-0.2, 0) is 0 Å². The van der Waals surface area contributed by atoms with E-state index in [1.165, 1.54) is 0 Å². The first-order valence-electron chi connectivity index (χ1n) is 1.55. The molecule has 0 aliphatic carbocycles. The van der Waals surface area contributed by atoms with Crippen LogP contribution in [0.2, 0.25) is 0 Å². The first-order valence-corrected chi connectivity index (χ1v) is 18.6. The Hall–Kier alpha value is 1.56. The SMILES string of the molecule is Cl[SiH](Cl)[SiH2][GeH3]. The minimum absolute atomic E-state index is 0.206. The standard InChI is InChI=1S/Cl2GeH6Si2/c1-5(2)4-3/h5H,4H2,3H3. The molecule has 0 atom stereocenters. The number of halogens is 2.